The molecule has 2 heterocycles. The zero-order chi connectivity index (χ0) is 13.1. The summed E-state index contributed by atoms with van der Waals surface area (Å²) in [6.45, 7) is 8.24. The number of rotatable bonds is 3. The predicted octanol–water partition coefficient (Wildman–Crippen LogP) is 1.06. The normalized spacial score (nSPS) is 27.8. The summed E-state index contributed by atoms with van der Waals surface area (Å²) in [7, 11) is 0. The zero-order valence-electron chi connectivity index (χ0n) is 11.8. The molecule has 104 valence electrons. The van der Waals surface area contributed by atoms with Gasteiger partial charge in [0.15, 0.2) is 0 Å². The van der Waals surface area contributed by atoms with E-state index in [1.54, 1.807) is 0 Å². The van der Waals surface area contributed by atoms with E-state index < -0.39 is 0 Å². The van der Waals surface area contributed by atoms with Crippen LogP contribution in [0.5, 0.6) is 0 Å². The quantitative estimate of drug-likeness (QED) is 0.818. The Hall–Kier alpha value is -0.610. The number of nitrogens with zero attached hydrogens (tertiary/aromatic N) is 2. The van der Waals surface area contributed by atoms with Gasteiger partial charge in [0.2, 0.25) is 5.91 Å². The summed E-state index contributed by atoms with van der Waals surface area (Å²) in [6, 6.07) is 0.242. The standard InChI is InChI=1S/C14H27N3O/c1-11(2)13(15)14(18)17-9-5-6-12(10-17)16-7-3-4-8-16/h11-13H,3-10,15H2,1-2H3/t12?,13-/m0/s1. The summed E-state index contributed by atoms with van der Waals surface area (Å²) in [5.41, 5.74) is 5.98. The number of hydrogen-bond acceptors (Lipinski definition) is 3. The van der Waals surface area contributed by atoms with Gasteiger partial charge in [-0.15, -0.1) is 0 Å². The van der Waals surface area contributed by atoms with Gasteiger partial charge in [0.25, 0.3) is 0 Å². The first-order valence-corrected chi connectivity index (χ1v) is 7.38. The molecular weight excluding hydrogens is 226 g/mol. The van der Waals surface area contributed by atoms with Crippen molar-refractivity contribution >= 4 is 5.91 Å². The van der Waals surface area contributed by atoms with Gasteiger partial charge >= 0.3 is 0 Å². The van der Waals surface area contributed by atoms with Crippen molar-refractivity contribution in [1.82, 2.24) is 9.80 Å². The fourth-order valence-corrected chi connectivity index (χ4v) is 3.06. The van der Waals surface area contributed by atoms with E-state index in [9.17, 15) is 4.79 Å². The van der Waals surface area contributed by atoms with Gasteiger partial charge in [0.1, 0.15) is 0 Å². The second kappa shape index (κ2) is 6.02. The van der Waals surface area contributed by atoms with Gasteiger partial charge in [-0.2, -0.15) is 0 Å². The van der Waals surface area contributed by atoms with Crippen molar-refractivity contribution < 1.29 is 4.79 Å². The van der Waals surface area contributed by atoms with Crippen LogP contribution in [0.25, 0.3) is 0 Å². The van der Waals surface area contributed by atoms with Crippen molar-refractivity contribution in [2.24, 2.45) is 11.7 Å². The monoisotopic (exact) mass is 253 g/mol. The zero-order valence-corrected chi connectivity index (χ0v) is 11.8. The van der Waals surface area contributed by atoms with Crippen molar-refractivity contribution in [2.45, 2.75) is 51.6 Å². The maximum absolute atomic E-state index is 12.3. The van der Waals surface area contributed by atoms with Crippen molar-refractivity contribution in [3.63, 3.8) is 0 Å². The number of amides is 1. The van der Waals surface area contributed by atoms with E-state index in [-0.39, 0.29) is 17.9 Å². The van der Waals surface area contributed by atoms with Crippen LogP contribution in [0.1, 0.15) is 39.5 Å². The average Bonchev–Trinajstić information content (AvgIpc) is 2.91. The molecule has 0 aromatic carbocycles. The lowest BCUT2D eigenvalue weighted by Gasteiger charge is -2.38. The SMILES string of the molecule is CC(C)[C@H](N)C(=O)N1CCCC(N2CCCC2)C1. The van der Waals surface area contributed by atoms with Gasteiger partial charge in [-0.1, -0.05) is 13.8 Å². The van der Waals surface area contributed by atoms with E-state index in [0.29, 0.717) is 6.04 Å². The first-order chi connectivity index (χ1) is 8.59. The van der Waals surface area contributed by atoms with Crippen molar-refractivity contribution in [1.29, 1.82) is 0 Å². The van der Waals surface area contributed by atoms with Crippen LogP contribution in [-0.2, 0) is 4.79 Å². The molecule has 0 aliphatic carbocycles. The highest BCUT2D eigenvalue weighted by Gasteiger charge is 2.31. The van der Waals surface area contributed by atoms with Crippen LogP contribution in [0.2, 0.25) is 0 Å². The molecular formula is C14H27N3O. The molecule has 2 saturated heterocycles. The molecule has 4 heteroatoms. The highest BCUT2D eigenvalue weighted by molar-refractivity contribution is 5.82. The van der Waals surface area contributed by atoms with Gasteiger partial charge in [0, 0.05) is 19.1 Å². The van der Waals surface area contributed by atoms with Crippen molar-refractivity contribution in [3.05, 3.63) is 0 Å². The molecule has 2 N–H and O–H groups in total. The first kappa shape index (κ1) is 13.8. The molecule has 4 nitrogen and oxygen atoms in total. The van der Waals surface area contributed by atoms with E-state index in [1.165, 1.54) is 32.4 Å². The van der Waals surface area contributed by atoms with Crippen LogP contribution in [0.4, 0.5) is 0 Å². The number of nitrogens with two attached hydrogens (primary N) is 1. The molecule has 0 aromatic heterocycles. The topological polar surface area (TPSA) is 49.6 Å². The number of hydrogen-bond donors (Lipinski definition) is 1. The van der Waals surface area contributed by atoms with Crippen LogP contribution in [0, 0.1) is 5.92 Å². The fourth-order valence-electron chi connectivity index (χ4n) is 3.06. The summed E-state index contributed by atoms with van der Waals surface area (Å²) >= 11 is 0. The lowest BCUT2D eigenvalue weighted by atomic mass is 10.00. The minimum atomic E-state index is -0.331. The van der Waals surface area contributed by atoms with Gasteiger partial charge < -0.3 is 10.6 Å². The minimum Gasteiger partial charge on any atom is -0.340 e. The van der Waals surface area contributed by atoms with Gasteiger partial charge in [-0.05, 0) is 44.7 Å². The molecule has 2 rings (SSSR count). The third-order valence-corrected chi connectivity index (χ3v) is 4.37. The smallest absolute Gasteiger partial charge is 0.239 e. The third-order valence-electron chi connectivity index (χ3n) is 4.37. The fraction of sp³-hybridized carbons (Fsp3) is 0.929. The molecule has 0 radical (unpaired) electrons. The van der Waals surface area contributed by atoms with Crippen LogP contribution in [-0.4, -0.2) is 54.0 Å². The molecule has 0 bridgehead atoms. The van der Waals surface area contributed by atoms with E-state index in [1.807, 2.05) is 18.7 Å². The van der Waals surface area contributed by atoms with Crippen molar-refractivity contribution in [3.8, 4) is 0 Å². The molecule has 0 spiro atoms. The Labute approximate surface area is 110 Å². The summed E-state index contributed by atoms with van der Waals surface area (Å²) in [6.07, 6.45) is 4.99. The van der Waals surface area contributed by atoms with E-state index in [0.717, 1.165) is 19.5 Å². The lowest BCUT2D eigenvalue weighted by Crippen LogP contribution is -2.54. The number of piperidine rings is 1. The van der Waals surface area contributed by atoms with E-state index in [2.05, 4.69) is 4.90 Å². The molecule has 1 unspecified atom stereocenters. The number of carbonyl (C=O) groups excluding carboxylic acids is 1. The van der Waals surface area contributed by atoms with Crippen LogP contribution in [0.15, 0.2) is 0 Å². The maximum atomic E-state index is 12.3. The van der Waals surface area contributed by atoms with Gasteiger partial charge in [0.05, 0.1) is 6.04 Å². The van der Waals surface area contributed by atoms with Crippen LogP contribution >= 0.6 is 0 Å². The second-order valence-electron chi connectivity index (χ2n) is 6.09. The Bertz CT molecular complexity index is 287. The molecule has 1 amide bonds. The highest BCUT2D eigenvalue weighted by atomic mass is 16.2. The van der Waals surface area contributed by atoms with Crippen LogP contribution < -0.4 is 5.73 Å². The van der Waals surface area contributed by atoms with Crippen molar-refractivity contribution in [2.75, 3.05) is 26.2 Å². The average molecular weight is 253 g/mol. The summed E-state index contributed by atoms with van der Waals surface area (Å²) in [4.78, 5) is 16.8. The molecule has 0 aromatic rings. The number of carbonyl (C=O) groups is 1. The minimum absolute atomic E-state index is 0.147. The Morgan fingerprint density at radius 2 is 1.83 bits per heavy atom. The molecule has 2 atom stereocenters. The molecule has 2 aliphatic rings. The van der Waals surface area contributed by atoms with Crippen LogP contribution in [0.3, 0.4) is 0 Å². The van der Waals surface area contributed by atoms with Gasteiger partial charge in [-0.3, -0.25) is 9.69 Å². The van der Waals surface area contributed by atoms with E-state index >= 15 is 0 Å². The highest BCUT2D eigenvalue weighted by Crippen LogP contribution is 2.21. The van der Waals surface area contributed by atoms with Gasteiger partial charge in [-0.25, -0.2) is 0 Å². The Kier molecular flexibility index (Phi) is 4.62. The lowest BCUT2D eigenvalue weighted by molar-refractivity contribution is -0.135. The second-order valence-corrected chi connectivity index (χ2v) is 6.09. The third kappa shape index (κ3) is 3.04. The predicted molar refractivity (Wildman–Crippen MR) is 73.2 cm³/mol. The molecule has 2 aliphatic heterocycles. The summed E-state index contributed by atoms with van der Waals surface area (Å²) < 4.78 is 0. The van der Waals surface area contributed by atoms with E-state index in [4.69, 9.17) is 5.73 Å². The molecule has 18 heavy (non-hydrogen) atoms. The summed E-state index contributed by atoms with van der Waals surface area (Å²) in [5, 5.41) is 0. The number of likely N-dealkylation sites (tertiary alicyclic amines) is 2. The molecule has 2 fully saturated rings. The summed E-state index contributed by atoms with van der Waals surface area (Å²) in [5.74, 6) is 0.374. The Morgan fingerprint density at radius 1 is 1.17 bits per heavy atom. The molecule has 0 saturated carbocycles. The largest absolute Gasteiger partial charge is 0.340 e. The first-order valence-electron chi connectivity index (χ1n) is 7.38. The Balaban J connectivity index is 1.91. The Morgan fingerprint density at radius 3 is 2.44 bits per heavy atom. The maximum Gasteiger partial charge on any atom is 0.239 e.